The minimum absolute atomic E-state index is 0.144. The highest BCUT2D eigenvalue weighted by molar-refractivity contribution is 5.89. The number of hydroxylamine groups is 2. The summed E-state index contributed by atoms with van der Waals surface area (Å²) in [5, 5.41) is 3.79. The molecule has 1 atom stereocenters. The van der Waals surface area contributed by atoms with E-state index in [1.807, 2.05) is 0 Å². The van der Waals surface area contributed by atoms with Crippen molar-refractivity contribution < 1.29 is 14.4 Å². The molecule has 1 fully saturated rings. The second-order valence-electron chi connectivity index (χ2n) is 4.41. The van der Waals surface area contributed by atoms with Crippen molar-refractivity contribution in [2.75, 3.05) is 13.7 Å². The average Bonchev–Trinajstić information content (AvgIpc) is 2.34. The van der Waals surface area contributed by atoms with Crippen LogP contribution < -0.4 is 5.32 Å². The van der Waals surface area contributed by atoms with Crippen LogP contribution in [0.15, 0.2) is 0 Å². The number of hydrogen-bond donors (Lipinski definition) is 1. The summed E-state index contributed by atoms with van der Waals surface area (Å²) in [6.45, 7) is 5.61. The lowest BCUT2D eigenvalue weighted by atomic mass is 9.95. The summed E-state index contributed by atoms with van der Waals surface area (Å²) in [4.78, 5) is 27.8. The monoisotopic (exact) mass is 200 g/mol. The van der Waals surface area contributed by atoms with E-state index < -0.39 is 11.5 Å². The predicted octanol–water partition coefficient (Wildman–Crippen LogP) is -0.0791. The topological polar surface area (TPSA) is 58.6 Å². The number of likely N-dealkylation sites (N-methyl/N-ethyl adjacent to an activating group) is 1. The molecule has 0 bridgehead atoms. The molecule has 1 saturated heterocycles. The first-order chi connectivity index (χ1) is 6.32. The molecule has 5 heteroatoms. The van der Waals surface area contributed by atoms with E-state index in [4.69, 9.17) is 4.84 Å². The summed E-state index contributed by atoms with van der Waals surface area (Å²) in [7, 11) is 1.53. The molecular formula is C9H16N2O3. The van der Waals surface area contributed by atoms with Crippen LogP contribution in [0.5, 0.6) is 0 Å². The predicted molar refractivity (Wildman–Crippen MR) is 50.1 cm³/mol. The van der Waals surface area contributed by atoms with E-state index in [1.165, 1.54) is 7.05 Å². The molecule has 0 saturated carbocycles. The highest BCUT2D eigenvalue weighted by atomic mass is 16.7. The van der Waals surface area contributed by atoms with Crippen LogP contribution in [-0.2, 0) is 14.4 Å². The maximum absolute atomic E-state index is 11.5. The van der Waals surface area contributed by atoms with Crippen molar-refractivity contribution >= 4 is 11.8 Å². The highest BCUT2D eigenvalue weighted by Crippen LogP contribution is 2.14. The summed E-state index contributed by atoms with van der Waals surface area (Å²) >= 11 is 0. The van der Waals surface area contributed by atoms with Crippen LogP contribution in [0.25, 0.3) is 0 Å². The van der Waals surface area contributed by atoms with Gasteiger partial charge in [0.15, 0.2) is 0 Å². The Morgan fingerprint density at radius 1 is 1.57 bits per heavy atom. The summed E-state index contributed by atoms with van der Waals surface area (Å²) < 4.78 is 0. The van der Waals surface area contributed by atoms with Crippen molar-refractivity contribution in [1.82, 2.24) is 10.4 Å². The van der Waals surface area contributed by atoms with Gasteiger partial charge in [0.2, 0.25) is 5.91 Å². The van der Waals surface area contributed by atoms with Crippen molar-refractivity contribution in [3.63, 3.8) is 0 Å². The molecule has 0 aliphatic carbocycles. The van der Waals surface area contributed by atoms with Crippen molar-refractivity contribution in [2.45, 2.75) is 26.8 Å². The molecule has 1 heterocycles. The van der Waals surface area contributed by atoms with E-state index in [1.54, 1.807) is 20.8 Å². The smallest absolute Gasteiger partial charge is 0.270 e. The standard InChI is InChI=1S/C9H16N2O3/c1-9(2,3)8(13)10-6-5-14-11(4)7(6)12/h6H,5H2,1-4H3,(H,10,13)/t6-/m1/s1. The molecule has 0 radical (unpaired) electrons. The van der Waals surface area contributed by atoms with Crippen LogP contribution in [-0.4, -0.2) is 36.6 Å². The van der Waals surface area contributed by atoms with Crippen molar-refractivity contribution in [1.29, 1.82) is 0 Å². The van der Waals surface area contributed by atoms with Gasteiger partial charge in [0.1, 0.15) is 12.6 Å². The van der Waals surface area contributed by atoms with Gasteiger partial charge in [0.25, 0.3) is 5.91 Å². The van der Waals surface area contributed by atoms with E-state index in [0.29, 0.717) is 0 Å². The first-order valence-corrected chi connectivity index (χ1v) is 4.54. The molecule has 0 aromatic carbocycles. The molecule has 1 aliphatic heterocycles. The molecule has 1 aliphatic rings. The van der Waals surface area contributed by atoms with Crippen LogP contribution in [0.4, 0.5) is 0 Å². The molecule has 1 N–H and O–H groups in total. The Labute approximate surface area is 83.4 Å². The molecule has 0 aromatic heterocycles. The van der Waals surface area contributed by atoms with Crippen LogP contribution in [0, 0.1) is 5.41 Å². The van der Waals surface area contributed by atoms with Gasteiger partial charge in [0, 0.05) is 12.5 Å². The van der Waals surface area contributed by atoms with Gasteiger partial charge in [-0.1, -0.05) is 20.8 Å². The van der Waals surface area contributed by atoms with Gasteiger partial charge in [-0.05, 0) is 0 Å². The summed E-state index contributed by atoms with van der Waals surface area (Å²) in [5.41, 5.74) is -0.485. The fourth-order valence-corrected chi connectivity index (χ4v) is 1.02. The van der Waals surface area contributed by atoms with Crippen molar-refractivity contribution in [3.8, 4) is 0 Å². The van der Waals surface area contributed by atoms with Crippen LogP contribution in [0.1, 0.15) is 20.8 Å². The normalized spacial score (nSPS) is 22.7. The summed E-state index contributed by atoms with van der Waals surface area (Å²) in [6.07, 6.45) is 0. The Kier molecular flexibility index (Phi) is 2.80. The quantitative estimate of drug-likeness (QED) is 0.644. The number of carbonyl (C=O) groups is 2. The number of nitrogens with one attached hydrogen (secondary N) is 1. The Morgan fingerprint density at radius 3 is 2.50 bits per heavy atom. The van der Waals surface area contributed by atoms with Crippen LogP contribution in [0.3, 0.4) is 0 Å². The number of rotatable bonds is 1. The van der Waals surface area contributed by atoms with Gasteiger partial charge in [-0.3, -0.25) is 14.4 Å². The van der Waals surface area contributed by atoms with Gasteiger partial charge in [-0.2, -0.15) is 0 Å². The lowest BCUT2D eigenvalue weighted by Gasteiger charge is -2.19. The Hall–Kier alpha value is -1.10. The molecule has 14 heavy (non-hydrogen) atoms. The van der Waals surface area contributed by atoms with Gasteiger partial charge < -0.3 is 5.32 Å². The third kappa shape index (κ3) is 2.23. The summed E-state index contributed by atoms with van der Waals surface area (Å²) in [6, 6.07) is -0.535. The number of carbonyl (C=O) groups excluding carboxylic acids is 2. The zero-order valence-corrected chi connectivity index (χ0v) is 8.96. The number of hydrogen-bond acceptors (Lipinski definition) is 3. The Morgan fingerprint density at radius 2 is 2.14 bits per heavy atom. The van der Waals surface area contributed by atoms with Gasteiger partial charge in [0.05, 0.1) is 0 Å². The second-order valence-corrected chi connectivity index (χ2v) is 4.41. The third-order valence-corrected chi connectivity index (χ3v) is 2.03. The fraction of sp³-hybridized carbons (Fsp3) is 0.778. The van der Waals surface area contributed by atoms with E-state index in [2.05, 4.69) is 5.32 Å². The molecule has 0 unspecified atom stereocenters. The zero-order chi connectivity index (χ0) is 10.9. The Bertz CT molecular complexity index is 257. The lowest BCUT2D eigenvalue weighted by molar-refractivity contribution is -0.155. The Balaban J connectivity index is 2.54. The molecule has 80 valence electrons. The fourth-order valence-electron chi connectivity index (χ4n) is 1.02. The van der Waals surface area contributed by atoms with E-state index in [-0.39, 0.29) is 18.4 Å². The van der Waals surface area contributed by atoms with E-state index in [0.717, 1.165) is 5.06 Å². The van der Waals surface area contributed by atoms with Gasteiger partial charge in [-0.25, -0.2) is 5.06 Å². The third-order valence-electron chi connectivity index (χ3n) is 2.03. The second kappa shape index (κ2) is 3.57. The molecule has 2 amide bonds. The van der Waals surface area contributed by atoms with Gasteiger partial charge >= 0.3 is 0 Å². The maximum Gasteiger partial charge on any atom is 0.270 e. The van der Waals surface area contributed by atoms with Crippen molar-refractivity contribution in [3.05, 3.63) is 0 Å². The average molecular weight is 200 g/mol. The molecule has 0 spiro atoms. The van der Waals surface area contributed by atoms with E-state index in [9.17, 15) is 9.59 Å². The summed E-state index contributed by atoms with van der Waals surface area (Å²) in [5.74, 6) is -0.350. The van der Waals surface area contributed by atoms with E-state index >= 15 is 0 Å². The largest absolute Gasteiger partial charge is 0.342 e. The minimum atomic E-state index is -0.535. The number of nitrogens with zero attached hydrogens (tertiary/aromatic N) is 1. The zero-order valence-electron chi connectivity index (χ0n) is 8.96. The molecule has 0 aromatic rings. The molecule has 5 nitrogen and oxygen atoms in total. The maximum atomic E-state index is 11.5. The lowest BCUT2D eigenvalue weighted by Crippen LogP contribution is -2.46. The molecule has 1 rings (SSSR count). The molecular weight excluding hydrogens is 184 g/mol. The minimum Gasteiger partial charge on any atom is -0.342 e. The van der Waals surface area contributed by atoms with Gasteiger partial charge in [-0.15, -0.1) is 0 Å². The van der Waals surface area contributed by atoms with Crippen LogP contribution >= 0.6 is 0 Å². The SMILES string of the molecule is CN1OC[C@@H](NC(=O)C(C)(C)C)C1=O. The number of amides is 2. The van der Waals surface area contributed by atoms with Crippen LogP contribution in [0.2, 0.25) is 0 Å². The first-order valence-electron chi connectivity index (χ1n) is 4.54. The highest BCUT2D eigenvalue weighted by Gasteiger charge is 2.34. The first kappa shape index (κ1) is 11.0. The van der Waals surface area contributed by atoms with Crippen molar-refractivity contribution in [2.24, 2.45) is 5.41 Å².